The van der Waals surface area contributed by atoms with Gasteiger partial charge in [-0.3, -0.25) is 24.0 Å². The summed E-state index contributed by atoms with van der Waals surface area (Å²) in [5, 5.41) is 42.2. The number of H-pyrrole nitrogens is 1. The van der Waals surface area contributed by atoms with E-state index in [0.717, 1.165) is 6.07 Å². The Morgan fingerprint density at radius 2 is 1.69 bits per heavy atom. The van der Waals surface area contributed by atoms with Crippen LogP contribution >= 0.6 is 0 Å². The zero-order valence-corrected chi connectivity index (χ0v) is 23.1. The van der Waals surface area contributed by atoms with Crippen molar-refractivity contribution >= 4 is 29.5 Å². The van der Waals surface area contributed by atoms with Gasteiger partial charge in [-0.1, -0.05) is 23.4 Å². The molecule has 0 radical (unpaired) electrons. The first-order valence-corrected chi connectivity index (χ1v) is 12.7. The Kier molecular flexibility index (Phi) is 11.9. The highest BCUT2D eigenvalue weighted by atomic mass is 19.1. The van der Waals surface area contributed by atoms with E-state index in [1.54, 1.807) is 0 Å². The third-order valence-corrected chi connectivity index (χ3v) is 6.11. The van der Waals surface area contributed by atoms with Gasteiger partial charge in [0.2, 0.25) is 29.5 Å². The van der Waals surface area contributed by atoms with Crippen molar-refractivity contribution in [3.8, 4) is 0 Å². The van der Waals surface area contributed by atoms with Crippen LogP contribution in [0, 0.1) is 5.82 Å². The molecule has 0 fully saturated rings. The van der Waals surface area contributed by atoms with E-state index >= 15 is 0 Å². The minimum Gasteiger partial charge on any atom is -0.391 e. The summed E-state index contributed by atoms with van der Waals surface area (Å²) >= 11 is 0. The molecule has 2 rings (SSSR count). The number of nitrogens with one attached hydrogen (secondary N) is 5. The zero-order chi connectivity index (χ0) is 31.6. The first-order chi connectivity index (χ1) is 19.6. The largest absolute Gasteiger partial charge is 0.391 e. The number of aromatic nitrogens is 4. The van der Waals surface area contributed by atoms with Crippen LogP contribution in [0.5, 0.6) is 0 Å². The number of aliphatic hydroxyl groups excluding tert-OH is 2. The summed E-state index contributed by atoms with van der Waals surface area (Å²) in [6.45, 7) is 2.99. The lowest BCUT2D eigenvalue weighted by Crippen LogP contribution is -2.66. The number of aromatic amines is 1. The number of carbonyl (C=O) groups excluding carboxylic acids is 5. The van der Waals surface area contributed by atoms with E-state index in [4.69, 9.17) is 11.5 Å². The number of nitrogens with zero attached hydrogens (tertiary/aromatic N) is 3. The quantitative estimate of drug-likeness (QED) is 0.0950. The number of halogens is 1. The van der Waals surface area contributed by atoms with Gasteiger partial charge in [-0.15, -0.1) is 10.2 Å². The zero-order valence-electron chi connectivity index (χ0n) is 23.1. The summed E-state index contributed by atoms with van der Waals surface area (Å²) in [5.74, 6) is -5.27. The van der Waals surface area contributed by atoms with Crippen molar-refractivity contribution in [2.45, 2.75) is 69.5 Å². The Morgan fingerprint density at radius 3 is 2.24 bits per heavy atom. The molecule has 42 heavy (non-hydrogen) atoms. The van der Waals surface area contributed by atoms with Crippen LogP contribution in [0.25, 0.3) is 0 Å². The first-order valence-electron chi connectivity index (χ1n) is 12.7. The number of benzene rings is 1. The van der Waals surface area contributed by atoms with Gasteiger partial charge in [-0.05, 0) is 32.4 Å². The normalized spacial score (nSPS) is 16.1. The van der Waals surface area contributed by atoms with Gasteiger partial charge in [-0.2, -0.15) is 5.21 Å². The van der Waals surface area contributed by atoms with Crippen LogP contribution in [0.4, 0.5) is 4.39 Å². The van der Waals surface area contributed by atoms with Crippen LogP contribution in [-0.2, 0) is 36.8 Å². The molecule has 1 aromatic heterocycles. The Hall–Kier alpha value is -4.55. The molecular weight excluding hydrogens is 559 g/mol. The van der Waals surface area contributed by atoms with Gasteiger partial charge in [0.05, 0.1) is 24.8 Å². The van der Waals surface area contributed by atoms with Crippen LogP contribution in [0.2, 0.25) is 0 Å². The molecule has 17 nitrogen and oxygen atoms in total. The second-order valence-electron chi connectivity index (χ2n) is 9.83. The highest BCUT2D eigenvalue weighted by molar-refractivity contribution is 5.97. The number of hydrogen-bond donors (Lipinski definition) is 9. The number of primary amides is 1. The molecule has 0 unspecified atom stereocenters. The van der Waals surface area contributed by atoms with Crippen LogP contribution in [-0.4, -0.2) is 103 Å². The van der Waals surface area contributed by atoms with Crippen LogP contribution in [0.1, 0.15) is 32.2 Å². The molecule has 0 saturated carbocycles. The number of nitrogens with two attached hydrogens (primary N) is 2. The van der Waals surface area contributed by atoms with E-state index in [1.165, 1.54) is 39.0 Å². The summed E-state index contributed by atoms with van der Waals surface area (Å²) in [4.78, 5) is 63.1. The predicted octanol–water partition coefficient (Wildman–Crippen LogP) is -4.34. The van der Waals surface area contributed by atoms with Gasteiger partial charge in [0.25, 0.3) is 0 Å². The molecule has 0 bridgehead atoms. The van der Waals surface area contributed by atoms with Crippen molar-refractivity contribution in [2.24, 2.45) is 11.5 Å². The Balaban J connectivity index is 2.17. The van der Waals surface area contributed by atoms with E-state index in [0.29, 0.717) is 0 Å². The van der Waals surface area contributed by atoms with Gasteiger partial charge < -0.3 is 42.9 Å². The van der Waals surface area contributed by atoms with Crippen molar-refractivity contribution in [3.05, 3.63) is 41.5 Å². The van der Waals surface area contributed by atoms with Crippen molar-refractivity contribution < 1.29 is 38.6 Å². The molecule has 6 atom stereocenters. The molecule has 0 aliphatic rings. The maximum Gasteiger partial charge on any atom is 0.246 e. The van der Waals surface area contributed by atoms with E-state index in [1.807, 2.05) is 0 Å². The van der Waals surface area contributed by atoms with Gasteiger partial charge in [-0.25, -0.2) is 4.39 Å². The minimum atomic E-state index is -1.98. The third-order valence-electron chi connectivity index (χ3n) is 6.11. The Bertz CT molecular complexity index is 1260. The van der Waals surface area contributed by atoms with Crippen LogP contribution in [0.3, 0.4) is 0 Å². The Labute approximate surface area is 239 Å². The molecular formula is C24H35FN10O7. The van der Waals surface area contributed by atoms with Gasteiger partial charge in [0.1, 0.15) is 23.4 Å². The van der Waals surface area contributed by atoms with Crippen LogP contribution in [0.15, 0.2) is 24.3 Å². The smallest absolute Gasteiger partial charge is 0.246 e. The van der Waals surface area contributed by atoms with Crippen molar-refractivity contribution in [2.75, 3.05) is 6.54 Å². The fraction of sp³-hybridized carbons (Fsp3) is 0.500. The Morgan fingerprint density at radius 1 is 1.05 bits per heavy atom. The molecule has 2 aromatic rings. The standard InChI is InChI=1S/C24H35FN10O7/c1-11(36)18(20(27)39)30-23(42)24(3,9-13-6-4-5-7-14(13)25)31-22(41)19(12(2)37)29-17(38)10-28-21(40)15(26)8-16-32-34-35-33-16/h4-7,11-12,15,18-19,36-37H,8-10,26H2,1-3H3,(H2,27,39)(H,28,40)(H,29,38)(H,30,42)(H,31,41)(H,32,33,34,35)/t11-,12-,15+,18+,19+,24+/m1/s1. The SMILES string of the molecule is C[C@@H](O)[C@H](NC(=O)[C@](C)(Cc1ccccc1F)NC(=O)[C@@H](NC(=O)CNC(=O)[C@@H](N)Cc1nn[nH]n1)[C@@H](C)O)C(N)=O. The van der Waals surface area contributed by atoms with Gasteiger partial charge in [0, 0.05) is 12.8 Å². The number of aliphatic hydroxyl groups is 2. The van der Waals surface area contributed by atoms with Crippen molar-refractivity contribution in [1.29, 1.82) is 0 Å². The fourth-order valence-electron chi connectivity index (χ4n) is 3.77. The first kappa shape index (κ1) is 33.7. The highest BCUT2D eigenvalue weighted by Gasteiger charge is 2.41. The van der Waals surface area contributed by atoms with Crippen LogP contribution < -0.4 is 32.7 Å². The number of tetrazole rings is 1. The number of amides is 5. The topological polar surface area (TPSA) is 280 Å². The maximum atomic E-state index is 14.5. The molecule has 5 amide bonds. The van der Waals surface area contributed by atoms with E-state index in [-0.39, 0.29) is 17.8 Å². The second kappa shape index (κ2) is 14.9. The van der Waals surface area contributed by atoms with Gasteiger partial charge in [0.15, 0.2) is 5.82 Å². The lowest BCUT2D eigenvalue weighted by molar-refractivity contribution is -0.138. The highest BCUT2D eigenvalue weighted by Crippen LogP contribution is 2.18. The van der Waals surface area contributed by atoms with E-state index in [9.17, 15) is 38.6 Å². The molecule has 1 aromatic carbocycles. The molecule has 1 heterocycles. The lowest BCUT2D eigenvalue weighted by atomic mass is 9.90. The average Bonchev–Trinajstić information content (AvgIpc) is 3.42. The van der Waals surface area contributed by atoms with Crippen molar-refractivity contribution in [1.82, 2.24) is 41.9 Å². The number of hydrogen-bond acceptors (Lipinski definition) is 11. The number of carbonyl (C=O) groups is 5. The molecule has 0 aliphatic carbocycles. The number of rotatable bonds is 15. The molecule has 0 aliphatic heterocycles. The summed E-state index contributed by atoms with van der Waals surface area (Å²) in [6.07, 6.45) is -3.41. The second-order valence-corrected chi connectivity index (χ2v) is 9.83. The average molecular weight is 595 g/mol. The monoisotopic (exact) mass is 594 g/mol. The predicted molar refractivity (Wildman–Crippen MR) is 142 cm³/mol. The fourth-order valence-corrected chi connectivity index (χ4v) is 3.77. The summed E-state index contributed by atoms with van der Waals surface area (Å²) in [5.41, 5.74) is 9.06. The summed E-state index contributed by atoms with van der Waals surface area (Å²) < 4.78 is 14.5. The molecule has 230 valence electrons. The third kappa shape index (κ3) is 9.53. The maximum absolute atomic E-state index is 14.5. The molecule has 11 N–H and O–H groups in total. The van der Waals surface area contributed by atoms with Gasteiger partial charge >= 0.3 is 0 Å². The molecule has 0 saturated heterocycles. The lowest BCUT2D eigenvalue weighted by Gasteiger charge is -2.34. The van der Waals surface area contributed by atoms with E-state index < -0.39 is 84.2 Å². The van der Waals surface area contributed by atoms with Crippen molar-refractivity contribution in [3.63, 3.8) is 0 Å². The minimum absolute atomic E-state index is 0.0145. The molecule has 18 heteroatoms. The summed E-state index contributed by atoms with van der Waals surface area (Å²) in [6, 6.07) is 1.12. The summed E-state index contributed by atoms with van der Waals surface area (Å²) in [7, 11) is 0. The molecule has 0 spiro atoms. The van der Waals surface area contributed by atoms with E-state index in [2.05, 4.69) is 41.9 Å².